The Labute approximate surface area is 169 Å². The smallest absolute Gasteiger partial charge is 0.348 e. The highest BCUT2D eigenvalue weighted by Gasteiger charge is 2.52. The zero-order valence-electron chi connectivity index (χ0n) is 16.6. The summed E-state index contributed by atoms with van der Waals surface area (Å²) in [5.41, 5.74) is 0. The molecule has 0 saturated carbocycles. The van der Waals surface area contributed by atoms with Gasteiger partial charge in [-0.2, -0.15) is 8.78 Å². The van der Waals surface area contributed by atoms with Crippen LogP contribution in [0.5, 0.6) is 0 Å². The van der Waals surface area contributed by atoms with Gasteiger partial charge in [0, 0.05) is 17.8 Å². The second kappa shape index (κ2) is 10.7. The van der Waals surface area contributed by atoms with Gasteiger partial charge in [-0.05, 0) is 37.8 Å². The van der Waals surface area contributed by atoms with Crippen molar-refractivity contribution in [2.75, 3.05) is 13.7 Å². The molecule has 1 aromatic heterocycles. The normalized spacial score (nSPS) is 18.9. The monoisotopic (exact) mass is 413 g/mol. The summed E-state index contributed by atoms with van der Waals surface area (Å²) in [5, 5.41) is 0. The number of thiophene rings is 1. The van der Waals surface area contributed by atoms with Crippen molar-refractivity contribution in [1.29, 1.82) is 0 Å². The molecule has 0 aliphatic carbocycles. The molecule has 1 aliphatic heterocycles. The molecule has 0 N–H and O–H groups in total. The Balaban J connectivity index is 1.87. The second-order valence-corrected chi connectivity index (χ2v) is 8.28. The molecule has 1 atom stereocenters. The van der Waals surface area contributed by atoms with Gasteiger partial charge in [0.2, 0.25) is 0 Å². The maximum absolute atomic E-state index is 13.9. The summed E-state index contributed by atoms with van der Waals surface area (Å²) in [4.78, 5) is 26.4. The first-order chi connectivity index (χ1) is 13.4. The Morgan fingerprint density at radius 1 is 1.32 bits per heavy atom. The number of carbonyl (C=O) groups excluding carboxylic acids is 2. The summed E-state index contributed by atoms with van der Waals surface area (Å²) in [5.74, 6) is -4.73. The molecule has 7 heteroatoms. The number of nitrogens with zero attached hydrogens (tertiary/aromatic N) is 1. The van der Waals surface area contributed by atoms with E-state index in [2.05, 4.69) is 11.7 Å². The highest BCUT2D eigenvalue weighted by Crippen LogP contribution is 2.34. The molecule has 0 spiro atoms. The van der Waals surface area contributed by atoms with Crippen molar-refractivity contribution < 1.29 is 23.1 Å². The van der Waals surface area contributed by atoms with E-state index in [1.165, 1.54) is 29.8 Å². The third-order valence-electron chi connectivity index (χ3n) is 4.89. The summed E-state index contributed by atoms with van der Waals surface area (Å²) in [6, 6.07) is 3.00. The number of hydrogen-bond acceptors (Lipinski definition) is 4. The quantitative estimate of drug-likeness (QED) is 0.283. The van der Waals surface area contributed by atoms with Crippen LogP contribution in [0, 0.1) is 0 Å². The van der Waals surface area contributed by atoms with Crippen molar-refractivity contribution in [2.45, 2.75) is 70.3 Å². The number of ether oxygens (including phenoxy) is 1. The molecule has 0 aromatic carbocycles. The minimum Gasteiger partial charge on any atom is -0.465 e. The van der Waals surface area contributed by atoms with Crippen LogP contribution in [0.1, 0.15) is 66.4 Å². The predicted octanol–water partition coefficient (Wildman–Crippen LogP) is 5.23. The van der Waals surface area contributed by atoms with E-state index in [9.17, 15) is 18.4 Å². The van der Waals surface area contributed by atoms with Crippen LogP contribution < -0.4 is 0 Å². The maximum atomic E-state index is 13.9. The van der Waals surface area contributed by atoms with Crippen LogP contribution in [0.15, 0.2) is 24.3 Å². The summed E-state index contributed by atoms with van der Waals surface area (Å²) < 4.78 is 32.5. The van der Waals surface area contributed by atoms with Crippen LogP contribution in [-0.2, 0) is 16.0 Å². The maximum Gasteiger partial charge on any atom is 0.348 e. The lowest BCUT2D eigenvalue weighted by Gasteiger charge is -2.21. The molecular formula is C21H29F2NO3S. The number of methoxy groups -OCH3 is 1. The molecule has 4 nitrogen and oxygen atoms in total. The SMILES string of the molecule is CCCCCC/C=C/C1CC(F)(F)C(=O)N1CCCc1ccc(C(=O)OC)s1. The molecule has 1 unspecified atom stereocenters. The fourth-order valence-electron chi connectivity index (χ4n) is 3.35. The third-order valence-corrected chi connectivity index (χ3v) is 6.02. The fourth-order valence-corrected chi connectivity index (χ4v) is 4.32. The number of carbonyl (C=O) groups is 2. The second-order valence-electron chi connectivity index (χ2n) is 7.11. The fraction of sp³-hybridized carbons (Fsp3) is 0.619. The van der Waals surface area contributed by atoms with Gasteiger partial charge in [-0.25, -0.2) is 4.79 Å². The number of aryl methyl sites for hydroxylation is 1. The highest BCUT2D eigenvalue weighted by atomic mass is 32.1. The van der Waals surface area contributed by atoms with Crippen LogP contribution in [0.3, 0.4) is 0 Å². The highest BCUT2D eigenvalue weighted by molar-refractivity contribution is 7.13. The average molecular weight is 414 g/mol. The van der Waals surface area contributed by atoms with Gasteiger partial charge < -0.3 is 9.64 Å². The average Bonchev–Trinajstić information content (AvgIpc) is 3.22. The van der Waals surface area contributed by atoms with Crippen LogP contribution >= 0.6 is 11.3 Å². The van der Waals surface area contributed by atoms with Crippen molar-refractivity contribution in [2.24, 2.45) is 0 Å². The number of alkyl halides is 2. The Hall–Kier alpha value is -1.76. The lowest BCUT2D eigenvalue weighted by Crippen LogP contribution is -2.36. The van der Waals surface area contributed by atoms with E-state index >= 15 is 0 Å². The standard InChI is InChI=1S/C21H29F2NO3S/c1-3-4-5-6-7-8-10-16-15-21(22,23)20(26)24(16)14-9-11-17-12-13-18(28-17)19(25)27-2/h8,10,12-13,16H,3-7,9,11,14-15H2,1-2H3/b10-8+. The van der Waals surface area contributed by atoms with Crippen molar-refractivity contribution >= 4 is 23.2 Å². The molecule has 1 aliphatic rings. The number of rotatable bonds is 11. The van der Waals surface area contributed by atoms with Crippen molar-refractivity contribution in [3.05, 3.63) is 34.0 Å². The minimum atomic E-state index is -3.28. The Morgan fingerprint density at radius 3 is 2.82 bits per heavy atom. The first kappa shape index (κ1) is 22.5. The van der Waals surface area contributed by atoms with E-state index in [-0.39, 0.29) is 12.5 Å². The Kier molecular flexibility index (Phi) is 8.60. The van der Waals surface area contributed by atoms with E-state index in [0.717, 1.165) is 30.6 Å². The molecule has 1 fully saturated rings. The minimum absolute atomic E-state index is 0.282. The lowest BCUT2D eigenvalue weighted by atomic mass is 10.1. The van der Waals surface area contributed by atoms with Gasteiger partial charge >= 0.3 is 11.9 Å². The van der Waals surface area contributed by atoms with Gasteiger partial charge in [0.05, 0.1) is 13.2 Å². The van der Waals surface area contributed by atoms with Crippen LogP contribution in [0.4, 0.5) is 8.78 Å². The van der Waals surface area contributed by atoms with Gasteiger partial charge in [-0.1, -0.05) is 38.3 Å². The number of amides is 1. The first-order valence-corrected chi connectivity index (χ1v) is 10.7. The summed E-state index contributed by atoms with van der Waals surface area (Å²) in [6.07, 6.45) is 9.84. The number of unbranched alkanes of at least 4 members (excludes halogenated alkanes) is 4. The molecule has 2 rings (SSSR count). The van der Waals surface area contributed by atoms with Crippen molar-refractivity contribution in [3.8, 4) is 0 Å². The molecule has 1 saturated heterocycles. The number of esters is 1. The largest absolute Gasteiger partial charge is 0.465 e. The predicted molar refractivity (Wildman–Crippen MR) is 107 cm³/mol. The van der Waals surface area contributed by atoms with E-state index < -0.39 is 24.3 Å². The van der Waals surface area contributed by atoms with Crippen LogP contribution in [0.25, 0.3) is 0 Å². The van der Waals surface area contributed by atoms with E-state index in [1.807, 2.05) is 12.1 Å². The number of halogens is 2. The number of likely N-dealkylation sites (tertiary alicyclic amines) is 1. The molecule has 28 heavy (non-hydrogen) atoms. The summed E-state index contributed by atoms with van der Waals surface area (Å²) in [6.45, 7) is 2.43. The van der Waals surface area contributed by atoms with E-state index in [4.69, 9.17) is 0 Å². The number of hydrogen-bond donors (Lipinski definition) is 0. The van der Waals surface area contributed by atoms with E-state index in [0.29, 0.717) is 17.7 Å². The Morgan fingerprint density at radius 2 is 2.11 bits per heavy atom. The molecule has 1 aromatic rings. The zero-order valence-corrected chi connectivity index (χ0v) is 17.4. The van der Waals surface area contributed by atoms with Gasteiger partial charge in [0.25, 0.3) is 5.91 Å². The van der Waals surface area contributed by atoms with Gasteiger partial charge in [0.15, 0.2) is 0 Å². The number of allylic oxidation sites excluding steroid dienone is 1. The summed E-state index contributed by atoms with van der Waals surface area (Å²) in [7, 11) is 1.33. The molecule has 0 radical (unpaired) electrons. The van der Waals surface area contributed by atoms with Gasteiger partial charge in [-0.3, -0.25) is 4.79 Å². The molecule has 156 valence electrons. The third kappa shape index (κ3) is 6.12. The Bertz CT molecular complexity index is 687. The van der Waals surface area contributed by atoms with Crippen molar-refractivity contribution in [3.63, 3.8) is 0 Å². The van der Waals surface area contributed by atoms with Crippen molar-refractivity contribution in [1.82, 2.24) is 4.90 Å². The van der Waals surface area contributed by atoms with E-state index in [1.54, 1.807) is 12.1 Å². The molecule has 2 heterocycles. The zero-order chi connectivity index (χ0) is 20.6. The van der Waals surface area contributed by atoms with Crippen LogP contribution in [0.2, 0.25) is 0 Å². The van der Waals surface area contributed by atoms with Gasteiger partial charge in [0.1, 0.15) is 4.88 Å². The lowest BCUT2D eigenvalue weighted by molar-refractivity contribution is -0.148. The topological polar surface area (TPSA) is 46.6 Å². The van der Waals surface area contributed by atoms with Crippen LogP contribution in [-0.4, -0.2) is 42.4 Å². The molecule has 0 bridgehead atoms. The first-order valence-electron chi connectivity index (χ1n) is 9.91. The molecular weight excluding hydrogens is 384 g/mol. The summed E-state index contributed by atoms with van der Waals surface area (Å²) >= 11 is 1.33. The van der Waals surface area contributed by atoms with Gasteiger partial charge in [-0.15, -0.1) is 11.3 Å². The molecule has 1 amide bonds.